The molecule has 16 heavy (non-hydrogen) atoms. The van der Waals surface area contributed by atoms with Crippen LogP contribution in [0, 0.1) is 0 Å². The van der Waals surface area contributed by atoms with Gasteiger partial charge in [-0.25, -0.2) is 4.79 Å². The number of halogens is 1. The van der Waals surface area contributed by atoms with Crippen LogP contribution in [-0.4, -0.2) is 25.7 Å². The zero-order valence-electron chi connectivity index (χ0n) is 8.98. The molecule has 0 radical (unpaired) electrons. The molecule has 0 spiro atoms. The number of ether oxygens (including phenoxy) is 2. The Morgan fingerprint density at radius 3 is 2.88 bits per heavy atom. The van der Waals surface area contributed by atoms with Crippen LogP contribution in [0.15, 0.2) is 28.7 Å². The van der Waals surface area contributed by atoms with Crippen molar-refractivity contribution in [2.24, 2.45) is 5.73 Å². The van der Waals surface area contributed by atoms with Crippen LogP contribution in [0.4, 0.5) is 0 Å². The van der Waals surface area contributed by atoms with Gasteiger partial charge in [-0.05, 0) is 17.7 Å². The van der Waals surface area contributed by atoms with Crippen LogP contribution in [0.5, 0.6) is 0 Å². The van der Waals surface area contributed by atoms with Crippen molar-refractivity contribution in [2.45, 2.75) is 12.7 Å². The van der Waals surface area contributed by atoms with Gasteiger partial charge in [0.25, 0.3) is 0 Å². The van der Waals surface area contributed by atoms with Gasteiger partial charge in [-0.1, -0.05) is 28.1 Å². The van der Waals surface area contributed by atoms with Crippen molar-refractivity contribution in [3.63, 3.8) is 0 Å². The van der Waals surface area contributed by atoms with Crippen molar-refractivity contribution in [3.8, 4) is 0 Å². The first-order valence-corrected chi connectivity index (χ1v) is 5.60. The summed E-state index contributed by atoms with van der Waals surface area (Å²) in [5.41, 5.74) is 6.26. The third kappa shape index (κ3) is 3.92. The fourth-order valence-electron chi connectivity index (χ4n) is 1.16. The van der Waals surface area contributed by atoms with Crippen LogP contribution >= 0.6 is 15.9 Å². The van der Waals surface area contributed by atoms with E-state index in [0.29, 0.717) is 0 Å². The van der Waals surface area contributed by atoms with Gasteiger partial charge in [0.05, 0.1) is 0 Å². The van der Waals surface area contributed by atoms with E-state index in [0.717, 1.165) is 10.0 Å². The van der Waals surface area contributed by atoms with E-state index in [2.05, 4.69) is 15.9 Å². The summed E-state index contributed by atoms with van der Waals surface area (Å²) in [5, 5.41) is 0. The average molecular weight is 288 g/mol. The molecule has 0 aromatic heterocycles. The van der Waals surface area contributed by atoms with E-state index in [1.807, 2.05) is 24.3 Å². The highest BCUT2D eigenvalue weighted by Gasteiger charge is 2.17. The smallest absolute Gasteiger partial charge is 0.336 e. The summed E-state index contributed by atoms with van der Waals surface area (Å²) in [6.07, 6.45) is -0.688. The van der Waals surface area contributed by atoms with Gasteiger partial charge in [-0.3, -0.25) is 0 Å². The molecule has 0 heterocycles. The van der Waals surface area contributed by atoms with Crippen molar-refractivity contribution >= 4 is 21.9 Å². The lowest BCUT2D eigenvalue weighted by Gasteiger charge is -2.12. The molecule has 0 bridgehead atoms. The van der Waals surface area contributed by atoms with Crippen LogP contribution in [0.2, 0.25) is 0 Å². The topological polar surface area (TPSA) is 61.5 Å². The number of carbonyl (C=O) groups excluding carboxylic acids is 1. The lowest BCUT2D eigenvalue weighted by atomic mass is 10.2. The predicted molar refractivity (Wildman–Crippen MR) is 63.8 cm³/mol. The largest absolute Gasteiger partial charge is 0.459 e. The number of methoxy groups -OCH3 is 1. The summed E-state index contributed by atoms with van der Waals surface area (Å²) in [4.78, 5) is 11.4. The number of carbonyl (C=O) groups is 1. The van der Waals surface area contributed by atoms with Crippen LogP contribution in [-0.2, 0) is 20.9 Å². The molecule has 0 fully saturated rings. The summed E-state index contributed by atoms with van der Waals surface area (Å²) in [5.74, 6) is -0.440. The molecule has 0 aliphatic heterocycles. The van der Waals surface area contributed by atoms with E-state index in [4.69, 9.17) is 15.2 Å². The molecule has 88 valence electrons. The molecule has 1 aromatic rings. The van der Waals surface area contributed by atoms with Gasteiger partial charge in [-0.15, -0.1) is 0 Å². The summed E-state index contributed by atoms with van der Waals surface area (Å²) in [6, 6.07) is 7.55. The fourth-order valence-corrected chi connectivity index (χ4v) is 1.61. The standard InChI is InChI=1S/C11H14BrNO3/c1-15-10(6-13)11(14)16-7-8-3-2-4-9(12)5-8/h2-5,10H,6-7,13H2,1H3. The van der Waals surface area contributed by atoms with Crippen LogP contribution < -0.4 is 5.73 Å². The first kappa shape index (κ1) is 13.2. The van der Waals surface area contributed by atoms with Crippen molar-refractivity contribution < 1.29 is 14.3 Å². The molecule has 1 rings (SSSR count). The number of benzene rings is 1. The number of esters is 1. The first-order valence-electron chi connectivity index (χ1n) is 4.81. The quantitative estimate of drug-likeness (QED) is 0.833. The Labute approximate surface area is 103 Å². The fraction of sp³-hybridized carbons (Fsp3) is 0.364. The molecule has 1 unspecified atom stereocenters. The Bertz CT molecular complexity index is 353. The minimum absolute atomic E-state index is 0.119. The van der Waals surface area contributed by atoms with E-state index in [1.165, 1.54) is 7.11 Å². The first-order chi connectivity index (χ1) is 7.67. The molecule has 2 N–H and O–H groups in total. The molecule has 1 atom stereocenters. The lowest BCUT2D eigenvalue weighted by Crippen LogP contribution is -2.32. The Kier molecular flexibility index (Phi) is 5.45. The third-order valence-corrected chi connectivity index (χ3v) is 2.52. The molecular formula is C11H14BrNO3. The molecule has 0 amide bonds. The molecular weight excluding hydrogens is 274 g/mol. The highest BCUT2D eigenvalue weighted by molar-refractivity contribution is 9.10. The minimum atomic E-state index is -0.688. The molecule has 0 aliphatic carbocycles. The van der Waals surface area contributed by atoms with Gasteiger partial charge in [0.2, 0.25) is 0 Å². The average Bonchev–Trinajstić information content (AvgIpc) is 2.28. The number of nitrogens with two attached hydrogens (primary N) is 1. The summed E-state index contributed by atoms with van der Waals surface area (Å²) >= 11 is 3.34. The van der Waals surface area contributed by atoms with Crippen molar-refractivity contribution in [1.82, 2.24) is 0 Å². The maximum absolute atomic E-state index is 11.4. The summed E-state index contributed by atoms with van der Waals surface area (Å²) in [7, 11) is 1.43. The van der Waals surface area contributed by atoms with Gasteiger partial charge in [0.1, 0.15) is 6.61 Å². The van der Waals surface area contributed by atoms with Crippen LogP contribution in [0.3, 0.4) is 0 Å². The maximum atomic E-state index is 11.4. The number of hydrogen-bond acceptors (Lipinski definition) is 4. The summed E-state index contributed by atoms with van der Waals surface area (Å²) in [6.45, 7) is 0.339. The van der Waals surface area contributed by atoms with E-state index >= 15 is 0 Å². The van der Waals surface area contributed by atoms with E-state index in [-0.39, 0.29) is 13.2 Å². The molecule has 1 aromatic carbocycles. The number of hydrogen-bond donors (Lipinski definition) is 1. The second-order valence-corrected chi connectivity index (χ2v) is 4.11. The van der Waals surface area contributed by atoms with Crippen LogP contribution in [0.25, 0.3) is 0 Å². The van der Waals surface area contributed by atoms with Gasteiger partial charge >= 0.3 is 5.97 Å². The Morgan fingerprint density at radius 1 is 1.56 bits per heavy atom. The third-order valence-electron chi connectivity index (χ3n) is 2.03. The molecule has 5 heteroatoms. The normalized spacial score (nSPS) is 12.2. The van der Waals surface area contributed by atoms with Gasteiger partial charge < -0.3 is 15.2 Å². The number of rotatable bonds is 5. The highest BCUT2D eigenvalue weighted by atomic mass is 79.9. The SMILES string of the molecule is COC(CN)C(=O)OCc1cccc(Br)c1. The zero-order valence-corrected chi connectivity index (χ0v) is 10.6. The van der Waals surface area contributed by atoms with Gasteiger partial charge in [0.15, 0.2) is 6.10 Å². The van der Waals surface area contributed by atoms with Crippen molar-refractivity contribution in [3.05, 3.63) is 34.3 Å². The molecule has 0 aliphatic rings. The molecule has 4 nitrogen and oxygen atoms in total. The second-order valence-electron chi connectivity index (χ2n) is 3.20. The summed E-state index contributed by atoms with van der Waals surface area (Å²) < 4.78 is 10.9. The van der Waals surface area contributed by atoms with Gasteiger partial charge in [0, 0.05) is 18.1 Å². The van der Waals surface area contributed by atoms with E-state index < -0.39 is 12.1 Å². The lowest BCUT2D eigenvalue weighted by molar-refractivity contribution is -0.156. The Hall–Kier alpha value is -0.910. The Balaban J connectivity index is 2.48. The van der Waals surface area contributed by atoms with E-state index in [9.17, 15) is 4.79 Å². The highest BCUT2D eigenvalue weighted by Crippen LogP contribution is 2.12. The van der Waals surface area contributed by atoms with Crippen LogP contribution in [0.1, 0.15) is 5.56 Å². The predicted octanol–water partition coefficient (Wildman–Crippen LogP) is 1.47. The van der Waals surface area contributed by atoms with Crippen molar-refractivity contribution in [1.29, 1.82) is 0 Å². The zero-order chi connectivity index (χ0) is 12.0. The monoisotopic (exact) mass is 287 g/mol. The van der Waals surface area contributed by atoms with Crippen molar-refractivity contribution in [2.75, 3.05) is 13.7 Å². The molecule has 0 saturated heterocycles. The second kappa shape index (κ2) is 6.62. The Morgan fingerprint density at radius 2 is 2.31 bits per heavy atom. The van der Waals surface area contributed by atoms with Gasteiger partial charge in [-0.2, -0.15) is 0 Å². The maximum Gasteiger partial charge on any atom is 0.336 e. The minimum Gasteiger partial charge on any atom is -0.459 e. The van der Waals surface area contributed by atoms with E-state index in [1.54, 1.807) is 0 Å². The molecule has 0 saturated carbocycles.